The van der Waals surface area contributed by atoms with Crippen LogP contribution in [-0.2, 0) is 11.2 Å². The Labute approximate surface area is 126 Å². The average molecular weight is 282 g/mol. The minimum atomic E-state index is 0.0268. The van der Waals surface area contributed by atoms with Crippen molar-refractivity contribution in [1.82, 2.24) is 5.32 Å². The van der Waals surface area contributed by atoms with Gasteiger partial charge in [-0.15, -0.1) is 0 Å². The van der Waals surface area contributed by atoms with Gasteiger partial charge in [0.05, 0.1) is 6.04 Å². The molecule has 0 bridgehead atoms. The fraction of sp³-hybridized carbons (Fsp3) is 0.278. The Balaban J connectivity index is 1.85. The number of amides is 1. The summed E-state index contributed by atoms with van der Waals surface area (Å²) < 4.78 is 0. The zero-order valence-electron chi connectivity index (χ0n) is 12.6. The number of carbonyl (C=O) groups excluding carboxylic acids is 1. The molecule has 0 saturated heterocycles. The van der Waals surface area contributed by atoms with Gasteiger partial charge in [-0.05, 0) is 43.5 Å². The molecule has 0 aliphatic carbocycles. The fourth-order valence-electron chi connectivity index (χ4n) is 2.26. The van der Waals surface area contributed by atoms with Crippen molar-refractivity contribution < 1.29 is 4.79 Å². The molecule has 1 amide bonds. The third-order valence-electron chi connectivity index (χ3n) is 3.55. The van der Waals surface area contributed by atoms with E-state index < -0.39 is 0 Å². The molecule has 110 valence electrons. The summed E-state index contributed by atoms with van der Waals surface area (Å²) in [4.78, 5) is 12.0. The maximum atomic E-state index is 12.0. The average Bonchev–Trinajstić information content (AvgIpc) is 2.46. The Hall–Kier alpha value is -2.29. The number of hydrogen-bond donors (Lipinski definition) is 2. The molecule has 2 aromatic rings. The van der Waals surface area contributed by atoms with Gasteiger partial charge in [-0.25, -0.2) is 0 Å². The van der Waals surface area contributed by atoms with Gasteiger partial charge in [-0.1, -0.05) is 42.0 Å². The first-order valence-electron chi connectivity index (χ1n) is 7.25. The first kappa shape index (κ1) is 15.1. The number of anilines is 1. The van der Waals surface area contributed by atoms with E-state index in [1.54, 1.807) is 0 Å². The predicted molar refractivity (Wildman–Crippen MR) is 86.9 cm³/mol. The van der Waals surface area contributed by atoms with E-state index in [4.69, 9.17) is 5.73 Å². The molecular formula is C18H22N2O. The Morgan fingerprint density at radius 2 is 1.90 bits per heavy atom. The van der Waals surface area contributed by atoms with Crippen molar-refractivity contribution in [2.45, 2.75) is 32.7 Å². The van der Waals surface area contributed by atoms with Crippen LogP contribution in [0.2, 0.25) is 0 Å². The second kappa shape index (κ2) is 6.93. The Morgan fingerprint density at radius 3 is 2.57 bits per heavy atom. The highest BCUT2D eigenvalue weighted by molar-refractivity contribution is 5.76. The van der Waals surface area contributed by atoms with Crippen molar-refractivity contribution in [3.05, 3.63) is 65.2 Å². The maximum absolute atomic E-state index is 12.0. The summed E-state index contributed by atoms with van der Waals surface area (Å²) in [6.07, 6.45) is 1.18. The Bertz CT molecular complexity index is 605. The number of nitrogens with two attached hydrogens (primary N) is 1. The summed E-state index contributed by atoms with van der Waals surface area (Å²) in [5.74, 6) is 0.0606. The predicted octanol–water partition coefficient (Wildman–Crippen LogP) is 3.39. The Morgan fingerprint density at radius 1 is 1.19 bits per heavy atom. The van der Waals surface area contributed by atoms with Gasteiger partial charge in [-0.3, -0.25) is 4.79 Å². The van der Waals surface area contributed by atoms with Crippen molar-refractivity contribution in [2.24, 2.45) is 0 Å². The van der Waals surface area contributed by atoms with Gasteiger partial charge < -0.3 is 11.1 Å². The van der Waals surface area contributed by atoms with Crippen LogP contribution in [0.3, 0.4) is 0 Å². The van der Waals surface area contributed by atoms with E-state index in [2.05, 4.69) is 36.5 Å². The number of carbonyl (C=O) groups is 1. The highest BCUT2D eigenvalue weighted by atomic mass is 16.1. The van der Waals surface area contributed by atoms with E-state index in [0.717, 1.165) is 16.8 Å². The monoisotopic (exact) mass is 282 g/mol. The van der Waals surface area contributed by atoms with Crippen LogP contribution < -0.4 is 11.1 Å². The van der Waals surface area contributed by atoms with Gasteiger partial charge >= 0.3 is 0 Å². The van der Waals surface area contributed by atoms with Crippen LogP contribution in [-0.4, -0.2) is 5.91 Å². The summed E-state index contributed by atoms with van der Waals surface area (Å²) in [6.45, 7) is 4.06. The molecule has 3 nitrogen and oxygen atoms in total. The summed E-state index contributed by atoms with van der Waals surface area (Å²) >= 11 is 0. The van der Waals surface area contributed by atoms with Crippen LogP contribution >= 0.6 is 0 Å². The van der Waals surface area contributed by atoms with E-state index in [-0.39, 0.29) is 11.9 Å². The fourth-order valence-corrected chi connectivity index (χ4v) is 2.26. The first-order chi connectivity index (χ1) is 10.0. The molecule has 0 radical (unpaired) electrons. The summed E-state index contributed by atoms with van der Waals surface area (Å²) in [7, 11) is 0. The summed E-state index contributed by atoms with van der Waals surface area (Å²) in [6, 6.07) is 15.9. The molecule has 0 heterocycles. The minimum Gasteiger partial charge on any atom is -0.399 e. The van der Waals surface area contributed by atoms with Crippen LogP contribution in [0.25, 0.3) is 0 Å². The largest absolute Gasteiger partial charge is 0.399 e. The maximum Gasteiger partial charge on any atom is 0.220 e. The van der Waals surface area contributed by atoms with Gasteiger partial charge in [0.1, 0.15) is 0 Å². The highest BCUT2D eigenvalue weighted by Crippen LogP contribution is 2.14. The summed E-state index contributed by atoms with van der Waals surface area (Å²) in [5.41, 5.74) is 9.91. The molecule has 0 fully saturated rings. The Kier molecular flexibility index (Phi) is 4.99. The number of nitrogen functional groups attached to an aromatic ring is 1. The molecule has 0 aromatic heterocycles. The number of nitrogens with one attached hydrogen (secondary N) is 1. The lowest BCUT2D eigenvalue weighted by atomic mass is 10.1. The summed E-state index contributed by atoms with van der Waals surface area (Å²) in [5, 5.41) is 3.03. The van der Waals surface area contributed by atoms with Crippen molar-refractivity contribution in [3.63, 3.8) is 0 Å². The number of hydrogen-bond acceptors (Lipinski definition) is 2. The molecule has 2 rings (SSSR count). The van der Waals surface area contributed by atoms with E-state index in [1.807, 2.05) is 31.2 Å². The standard InChI is InChI=1S/C18H22N2O/c1-13-6-9-16(10-7-13)14(2)20-18(21)11-8-15-4-3-5-17(19)12-15/h3-7,9-10,12,14H,8,11,19H2,1-2H3,(H,20,21)/t14-/m1/s1. The molecule has 0 unspecified atom stereocenters. The molecule has 3 N–H and O–H groups in total. The second-order valence-electron chi connectivity index (χ2n) is 5.44. The van der Waals surface area contributed by atoms with Crippen molar-refractivity contribution in [3.8, 4) is 0 Å². The van der Waals surface area contributed by atoms with E-state index in [0.29, 0.717) is 12.8 Å². The van der Waals surface area contributed by atoms with E-state index >= 15 is 0 Å². The number of benzene rings is 2. The molecule has 3 heteroatoms. The number of aryl methyl sites for hydroxylation is 2. The van der Waals surface area contributed by atoms with Crippen LogP contribution in [0.4, 0.5) is 5.69 Å². The van der Waals surface area contributed by atoms with Crippen LogP contribution in [0.15, 0.2) is 48.5 Å². The SMILES string of the molecule is Cc1ccc([C@@H](C)NC(=O)CCc2cccc(N)c2)cc1. The van der Waals surface area contributed by atoms with Crippen LogP contribution in [0.5, 0.6) is 0 Å². The topological polar surface area (TPSA) is 55.1 Å². The van der Waals surface area contributed by atoms with Crippen LogP contribution in [0, 0.1) is 6.92 Å². The second-order valence-corrected chi connectivity index (χ2v) is 5.44. The molecular weight excluding hydrogens is 260 g/mol. The highest BCUT2D eigenvalue weighted by Gasteiger charge is 2.09. The van der Waals surface area contributed by atoms with Crippen molar-refractivity contribution >= 4 is 11.6 Å². The zero-order valence-corrected chi connectivity index (χ0v) is 12.6. The quantitative estimate of drug-likeness (QED) is 0.826. The first-order valence-corrected chi connectivity index (χ1v) is 7.25. The van der Waals surface area contributed by atoms with Crippen LogP contribution in [0.1, 0.15) is 36.1 Å². The molecule has 21 heavy (non-hydrogen) atoms. The molecule has 0 aliphatic rings. The third kappa shape index (κ3) is 4.63. The smallest absolute Gasteiger partial charge is 0.220 e. The molecule has 0 saturated carbocycles. The van der Waals surface area contributed by atoms with Crippen molar-refractivity contribution in [2.75, 3.05) is 5.73 Å². The van der Waals surface area contributed by atoms with E-state index in [9.17, 15) is 4.79 Å². The molecule has 0 spiro atoms. The zero-order chi connectivity index (χ0) is 15.2. The lowest BCUT2D eigenvalue weighted by Crippen LogP contribution is -2.26. The normalized spacial score (nSPS) is 11.9. The molecule has 1 atom stereocenters. The van der Waals surface area contributed by atoms with Crippen molar-refractivity contribution in [1.29, 1.82) is 0 Å². The minimum absolute atomic E-state index is 0.0268. The van der Waals surface area contributed by atoms with Gasteiger partial charge in [0, 0.05) is 12.1 Å². The van der Waals surface area contributed by atoms with Gasteiger partial charge in [0.2, 0.25) is 5.91 Å². The van der Waals surface area contributed by atoms with Gasteiger partial charge in [0.25, 0.3) is 0 Å². The van der Waals surface area contributed by atoms with E-state index in [1.165, 1.54) is 5.56 Å². The van der Waals surface area contributed by atoms with Gasteiger partial charge in [-0.2, -0.15) is 0 Å². The lowest BCUT2D eigenvalue weighted by molar-refractivity contribution is -0.121. The molecule has 2 aromatic carbocycles. The lowest BCUT2D eigenvalue weighted by Gasteiger charge is -2.14. The number of rotatable bonds is 5. The molecule has 0 aliphatic heterocycles. The third-order valence-corrected chi connectivity index (χ3v) is 3.55. The van der Waals surface area contributed by atoms with Gasteiger partial charge in [0.15, 0.2) is 0 Å².